The number of hydrogen-bond acceptors (Lipinski definition) is 8. The molecule has 11 heteroatoms. The van der Waals surface area contributed by atoms with Crippen LogP contribution in [0.5, 0.6) is 0 Å². The standard InChI is InChI=1S/C27H32N4O6S/c1-16(2)13-38(35,36)14-21(25(33)30-27(15-28)7-8-27)29-24(32)20-12-18-11-17-5-3-9-31-10-4-6-19(22(17)31)23(18)37-26(20)34/h11-12,16,21H,3-10,13-14H2,1-2H3,(H,29,32)(H,30,33)/t21-/m0/s1. The Morgan fingerprint density at radius 2 is 1.87 bits per heavy atom. The van der Waals surface area contributed by atoms with Crippen molar-refractivity contribution in [2.24, 2.45) is 5.92 Å². The number of sulfone groups is 1. The molecule has 1 aliphatic carbocycles. The first-order chi connectivity index (χ1) is 18.0. The van der Waals surface area contributed by atoms with E-state index in [0.29, 0.717) is 23.8 Å². The van der Waals surface area contributed by atoms with E-state index in [1.54, 1.807) is 13.8 Å². The van der Waals surface area contributed by atoms with E-state index in [0.717, 1.165) is 55.6 Å². The van der Waals surface area contributed by atoms with Crippen LogP contribution >= 0.6 is 0 Å². The maximum Gasteiger partial charge on any atom is 0.349 e. The number of fused-ring (bicyclic) bond motifs is 2. The fraction of sp³-hybridized carbons (Fsp3) is 0.556. The predicted octanol–water partition coefficient (Wildman–Crippen LogP) is 1.83. The fourth-order valence-corrected chi connectivity index (χ4v) is 7.46. The first-order valence-corrected chi connectivity index (χ1v) is 14.9. The molecule has 1 aromatic heterocycles. The van der Waals surface area contributed by atoms with Gasteiger partial charge in [0.05, 0.1) is 17.6 Å². The van der Waals surface area contributed by atoms with Crippen LogP contribution in [0.3, 0.4) is 0 Å². The summed E-state index contributed by atoms with van der Waals surface area (Å²) in [6.07, 6.45) is 4.55. The zero-order valence-electron chi connectivity index (χ0n) is 21.6. The fourth-order valence-electron chi connectivity index (χ4n) is 5.57. The Balaban J connectivity index is 1.46. The van der Waals surface area contributed by atoms with Crippen molar-refractivity contribution in [2.75, 3.05) is 29.5 Å². The topological polar surface area (TPSA) is 150 Å². The number of amides is 2. The van der Waals surface area contributed by atoms with Crippen LogP contribution in [-0.4, -0.2) is 56.4 Å². The first kappa shape index (κ1) is 26.2. The van der Waals surface area contributed by atoms with Gasteiger partial charge in [0, 0.05) is 29.7 Å². The highest BCUT2D eigenvalue weighted by Crippen LogP contribution is 2.39. The quantitative estimate of drug-likeness (QED) is 0.482. The molecule has 1 atom stereocenters. The van der Waals surface area contributed by atoms with Gasteiger partial charge < -0.3 is 20.0 Å². The molecule has 1 saturated carbocycles. The summed E-state index contributed by atoms with van der Waals surface area (Å²) in [5, 5.41) is 15.0. The smallest absolute Gasteiger partial charge is 0.349 e. The minimum absolute atomic E-state index is 0.168. The molecular weight excluding hydrogens is 508 g/mol. The number of nitrogens with zero attached hydrogens (tertiary/aromatic N) is 2. The van der Waals surface area contributed by atoms with Gasteiger partial charge in [-0.3, -0.25) is 9.59 Å². The van der Waals surface area contributed by atoms with Crippen LogP contribution in [0.4, 0.5) is 5.69 Å². The van der Waals surface area contributed by atoms with E-state index in [-0.39, 0.29) is 17.2 Å². The molecule has 3 aliphatic rings. The van der Waals surface area contributed by atoms with Gasteiger partial charge in [0.1, 0.15) is 22.7 Å². The van der Waals surface area contributed by atoms with Crippen molar-refractivity contribution < 1.29 is 22.4 Å². The zero-order valence-corrected chi connectivity index (χ0v) is 22.4. The molecule has 0 unspecified atom stereocenters. The van der Waals surface area contributed by atoms with Crippen LogP contribution in [0.15, 0.2) is 21.3 Å². The molecule has 10 nitrogen and oxygen atoms in total. The van der Waals surface area contributed by atoms with Gasteiger partial charge in [-0.2, -0.15) is 5.26 Å². The number of hydrogen-bond donors (Lipinski definition) is 2. The van der Waals surface area contributed by atoms with Crippen LogP contribution in [0.2, 0.25) is 0 Å². The predicted molar refractivity (Wildman–Crippen MR) is 142 cm³/mol. The minimum Gasteiger partial charge on any atom is -0.422 e. The van der Waals surface area contributed by atoms with Gasteiger partial charge in [0.25, 0.3) is 5.91 Å². The summed E-state index contributed by atoms with van der Waals surface area (Å²) in [5.74, 6) is -2.65. The maximum absolute atomic E-state index is 13.3. The van der Waals surface area contributed by atoms with Crippen molar-refractivity contribution in [2.45, 2.75) is 64.0 Å². The molecule has 2 amide bonds. The van der Waals surface area contributed by atoms with Crippen molar-refractivity contribution >= 4 is 38.3 Å². The third kappa shape index (κ3) is 5.14. The van der Waals surface area contributed by atoms with Crippen molar-refractivity contribution in [1.82, 2.24) is 10.6 Å². The third-order valence-corrected chi connectivity index (χ3v) is 9.43. The number of carbonyl (C=O) groups is 2. The van der Waals surface area contributed by atoms with Gasteiger partial charge in [-0.15, -0.1) is 0 Å². The van der Waals surface area contributed by atoms with Gasteiger partial charge >= 0.3 is 5.63 Å². The SMILES string of the molecule is CC(C)CS(=O)(=O)C[C@H](NC(=O)c1cc2cc3c4c(c2oc1=O)CCCN4CCC3)C(=O)NC1(C#N)CC1. The van der Waals surface area contributed by atoms with E-state index in [4.69, 9.17) is 4.42 Å². The monoisotopic (exact) mass is 540 g/mol. The summed E-state index contributed by atoms with van der Waals surface area (Å²) in [6.45, 7) is 5.41. The Morgan fingerprint density at radius 3 is 2.53 bits per heavy atom. The second-order valence-corrected chi connectivity index (χ2v) is 13.3. The van der Waals surface area contributed by atoms with Crippen molar-refractivity contribution in [3.8, 4) is 6.07 Å². The molecule has 202 valence electrons. The molecule has 1 aromatic carbocycles. The van der Waals surface area contributed by atoms with Crippen LogP contribution in [0.1, 0.15) is 61.0 Å². The Hall–Kier alpha value is -3.39. The molecule has 0 saturated heterocycles. The lowest BCUT2D eigenvalue weighted by atomic mass is 9.90. The van der Waals surface area contributed by atoms with E-state index in [1.807, 2.05) is 12.1 Å². The van der Waals surface area contributed by atoms with Crippen LogP contribution in [0, 0.1) is 17.2 Å². The summed E-state index contributed by atoms with van der Waals surface area (Å²) < 4.78 is 31.1. The molecule has 2 aliphatic heterocycles. The highest BCUT2D eigenvalue weighted by Gasteiger charge is 2.46. The lowest BCUT2D eigenvalue weighted by Gasteiger charge is -2.37. The number of rotatable bonds is 8. The number of carbonyl (C=O) groups excluding carboxylic acids is 2. The number of aryl methyl sites for hydroxylation is 2. The van der Waals surface area contributed by atoms with Gasteiger partial charge in [0.15, 0.2) is 9.84 Å². The number of nitriles is 1. The number of benzene rings is 1. The van der Waals surface area contributed by atoms with E-state index < -0.39 is 44.6 Å². The second kappa shape index (κ2) is 9.73. The van der Waals surface area contributed by atoms with Crippen LogP contribution in [-0.2, 0) is 27.5 Å². The molecular formula is C27H32N4O6S. The molecule has 0 spiro atoms. The number of nitrogens with one attached hydrogen (secondary N) is 2. The highest BCUT2D eigenvalue weighted by atomic mass is 32.2. The molecule has 0 radical (unpaired) electrons. The Labute approximate surface area is 221 Å². The molecule has 5 rings (SSSR count). The van der Waals surface area contributed by atoms with Gasteiger partial charge in [-0.05, 0) is 62.1 Å². The van der Waals surface area contributed by atoms with E-state index in [9.17, 15) is 28.1 Å². The summed E-state index contributed by atoms with van der Waals surface area (Å²) >= 11 is 0. The second-order valence-electron chi connectivity index (χ2n) is 11.1. The van der Waals surface area contributed by atoms with E-state index in [1.165, 1.54) is 6.07 Å². The van der Waals surface area contributed by atoms with Gasteiger partial charge in [-0.25, -0.2) is 13.2 Å². The maximum atomic E-state index is 13.3. The molecule has 3 heterocycles. The van der Waals surface area contributed by atoms with Gasteiger partial charge in [0.2, 0.25) is 5.91 Å². The van der Waals surface area contributed by atoms with Gasteiger partial charge in [-0.1, -0.05) is 13.8 Å². The van der Waals surface area contributed by atoms with Crippen molar-refractivity contribution in [3.63, 3.8) is 0 Å². The lowest BCUT2D eigenvalue weighted by Crippen LogP contribution is -2.53. The normalized spacial score (nSPS) is 18.4. The molecule has 1 fully saturated rings. The highest BCUT2D eigenvalue weighted by molar-refractivity contribution is 7.91. The van der Waals surface area contributed by atoms with Crippen LogP contribution < -0.4 is 21.2 Å². The van der Waals surface area contributed by atoms with Crippen molar-refractivity contribution in [3.05, 3.63) is 39.2 Å². The summed E-state index contributed by atoms with van der Waals surface area (Å²) in [4.78, 5) is 41.6. The summed E-state index contributed by atoms with van der Waals surface area (Å²) in [5.41, 5.74) is 1.55. The minimum atomic E-state index is -3.72. The van der Waals surface area contributed by atoms with E-state index in [2.05, 4.69) is 15.5 Å². The first-order valence-electron chi connectivity index (χ1n) is 13.1. The molecule has 0 bridgehead atoms. The third-order valence-electron chi connectivity index (χ3n) is 7.42. The average Bonchev–Trinajstić information content (AvgIpc) is 3.63. The summed E-state index contributed by atoms with van der Waals surface area (Å²) in [7, 11) is -3.72. The Bertz CT molecular complexity index is 1510. The van der Waals surface area contributed by atoms with Crippen molar-refractivity contribution in [1.29, 1.82) is 5.26 Å². The zero-order chi connectivity index (χ0) is 27.2. The average molecular weight is 541 g/mol. The van der Waals surface area contributed by atoms with E-state index >= 15 is 0 Å². The number of anilines is 1. The Morgan fingerprint density at radius 1 is 1.16 bits per heavy atom. The lowest BCUT2D eigenvalue weighted by molar-refractivity contribution is -0.123. The molecule has 2 N–H and O–H groups in total. The van der Waals surface area contributed by atoms with Crippen LogP contribution in [0.25, 0.3) is 11.0 Å². The Kier molecular flexibility index (Phi) is 6.71. The largest absolute Gasteiger partial charge is 0.422 e. The summed E-state index contributed by atoms with van der Waals surface area (Å²) in [6, 6.07) is 3.98. The molecule has 2 aromatic rings. The molecule has 38 heavy (non-hydrogen) atoms.